The standard InChI is InChI=1S/C11H15ClFNO3S/c1-2-8(6-7-15)14-18(16,17)10-5-3-4-9(12)11(10)13/h3-5,8,14-15H,2,6-7H2,1H3. The lowest BCUT2D eigenvalue weighted by Gasteiger charge is -2.16. The molecule has 0 saturated heterocycles. The maximum absolute atomic E-state index is 13.6. The average Bonchev–Trinajstić information content (AvgIpc) is 2.31. The van der Waals surface area contributed by atoms with Gasteiger partial charge in [-0.05, 0) is 25.0 Å². The van der Waals surface area contributed by atoms with Gasteiger partial charge in [0, 0.05) is 12.6 Å². The number of hydrogen-bond acceptors (Lipinski definition) is 3. The second kappa shape index (κ2) is 6.47. The maximum Gasteiger partial charge on any atom is 0.243 e. The lowest BCUT2D eigenvalue weighted by atomic mass is 10.2. The van der Waals surface area contributed by atoms with Crippen LogP contribution in [0.1, 0.15) is 19.8 Å². The van der Waals surface area contributed by atoms with Crippen LogP contribution in [0.2, 0.25) is 5.02 Å². The molecule has 1 atom stereocenters. The van der Waals surface area contributed by atoms with Gasteiger partial charge in [-0.2, -0.15) is 0 Å². The topological polar surface area (TPSA) is 66.4 Å². The van der Waals surface area contributed by atoms with Crippen LogP contribution in [-0.2, 0) is 10.0 Å². The summed E-state index contributed by atoms with van der Waals surface area (Å²) in [5.74, 6) is -0.967. The quantitative estimate of drug-likeness (QED) is 0.842. The largest absolute Gasteiger partial charge is 0.396 e. The number of hydrogen-bond donors (Lipinski definition) is 2. The molecule has 102 valence electrons. The summed E-state index contributed by atoms with van der Waals surface area (Å²) in [5, 5.41) is 8.56. The number of aliphatic hydroxyl groups excluding tert-OH is 1. The smallest absolute Gasteiger partial charge is 0.243 e. The highest BCUT2D eigenvalue weighted by Gasteiger charge is 2.23. The second-order valence-electron chi connectivity index (χ2n) is 3.79. The van der Waals surface area contributed by atoms with Crippen LogP contribution >= 0.6 is 11.6 Å². The summed E-state index contributed by atoms with van der Waals surface area (Å²) in [6.07, 6.45) is 0.778. The molecule has 0 heterocycles. The van der Waals surface area contributed by atoms with Crippen LogP contribution < -0.4 is 4.72 Å². The summed E-state index contributed by atoms with van der Waals surface area (Å²) in [6, 6.07) is 3.36. The molecular weight excluding hydrogens is 281 g/mol. The fraction of sp³-hybridized carbons (Fsp3) is 0.455. The van der Waals surface area contributed by atoms with Gasteiger partial charge >= 0.3 is 0 Å². The molecule has 0 saturated carbocycles. The first-order valence-electron chi connectivity index (χ1n) is 5.49. The first-order chi connectivity index (χ1) is 8.42. The Bertz CT molecular complexity index is 507. The molecule has 0 aliphatic carbocycles. The van der Waals surface area contributed by atoms with E-state index in [9.17, 15) is 12.8 Å². The van der Waals surface area contributed by atoms with E-state index in [0.29, 0.717) is 6.42 Å². The van der Waals surface area contributed by atoms with Crippen molar-refractivity contribution in [3.63, 3.8) is 0 Å². The number of benzene rings is 1. The molecule has 1 unspecified atom stereocenters. The van der Waals surface area contributed by atoms with Crippen molar-refractivity contribution < 1.29 is 17.9 Å². The molecule has 0 aliphatic rings. The minimum absolute atomic E-state index is 0.140. The van der Waals surface area contributed by atoms with Gasteiger partial charge in [0.15, 0.2) is 5.82 Å². The molecule has 2 N–H and O–H groups in total. The van der Waals surface area contributed by atoms with Crippen LogP contribution in [0.5, 0.6) is 0 Å². The van der Waals surface area contributed by atoms with Crippen molar-refractivity contribution in [2.75, 3.05) is 6.61 Å². The highest BCUT2D eigenvalue weighted by atomic mass is 35.5. The van der Waals surface area contributed by atoms with Crippen molar-refractivity contribution in [2.45, 2.75) is 30.7 Å². The van der Waals surface area contributed by atoms with Crippen LogP contribution in [0.4, 0.5) is 4.39 Å². The summed E-state index contributed by atoms with van der Waals surface area (Å²) in [4.78, 5) is -0.480. The van der Waals surface area contributed by atoms with Gasteiger partial charge in [-0.15, -0.1) is 0 Å². The normalized spacial score (nSPS) is 13.6. The Kier molecular flexibility index (Phi) is 5.52. The molecule has 0 radical (unpaired) electrons. The van der Waals surface area contributed by atoms with Crippen LogP contribution in [0, 0.1) is 5.82 Å². The molecule has 1 aromatic carbocycles. The lowest BCUT2D eigenvalue weighted by Crippen LogP contribution is -2.35. The molecule has 0 spiro atoms. The zero-order valence-corrected chi connectivity index (χ0v) is 11.4. The number of aliphatic hydroxyl groups is 1. The predicted molar refractivity (Wildman–Crippen MR) is 67.5 cm³/mol. The van der Waals surface area contributed by atoms with E-state index >= 15 is 0 Å². The Hall–Kier alpha value is -0.690. The molecular formula is C11H15ClFNO3S. The Morgan fingerprint density at radius 3 is 2.72 bits per heavy atom. The molecule has 18 heavy (non-hydrogen) atoms. The minimum Gasteiger partial charge on any atom is -0.396 e. The summed E-state index contributed by atoms with van der Waals surface area (Å²) in [7, 11) is -3.97. The summed E-state index contributed by atoms with van der Waals surface area (Å²) in [6.45, 7) is 1.64. The number of rotatable bonds is 6. The molecule has 4 nitrogen and oxygen atoms in total. The SMILES string of the molecule is CCC(CCO)NS(=O)(=O)c1cccc(Cl)c1F. The fourth-order valence-electron chi connectivity index (χ4n) is 1.48. The minimum atomic E-state index is -3.97. The van der Waals surface area contributed by atoms with E-state index < -0.39 is 26.8 Å². The van der Waals surface area contributed by atoms with E-state index in [0.717, 1.165) is 6.07 Å². The Balaban J connectivity index is 3.03. The zero-order valence-electron chi connectivity index (χ0n) is 9.86. The van der Waals surface area contributed by atoms with E-state index in [1.807, 2.05) is 0 Å². The molecule has 0 bridgehead atoms. The molecule has 1 aromatic rings. The highest BCUT2D eigenvalue weighted by molar-refractivity contribution is 7.89. The van der Waals surface area contributed by atoms with Crippen LogP contribution in [0.25, 0.3) is 0 Å². The number of sulfonamides is 1. The molecule has 0 aromatic heterocycles. The van der Waals surface area contributed by atoms with Gasteiger partial charge in [0.25, 0.3) is 0 Å². The highest BCUT2D eigenvalue weighted by Crippen LogP contribution is 2.22. The van der Waals surface area contributed by atoms with Crippen LogP contribution in [0.15, 0.2) is 23.1 Å². The maximum atomic E-state index is 13.6. The molecule has 0 fully saturated rings. The lowest BCUT2D eigenvalue weighted by molar-refractivity contribution is 0.270. The van der Waals surface area contributed by atoms with Gasteiger partial charge in [-0.3, -0.25) is 0 Å². The van der Waals surface area contributed by atoms with Crippen molar-refractivity contribution >= 4 is 21.6 Å². The number of nitrogens with one attached hydrogen (secondary N) is 1. The third kappa shape index (κ3) is 3.65. The van der Waals surface area contributed by atoms with E-state index in [2.05, 4.69) is 4.72 Å². The third-order valence-corrected chi connectivity index (χ3v) is 4.33. The van der Waals surface area contributed by atoms with Crippen molar-refractivity contribution in [1.82, 2.24) is 4.72 Å². The van der Waals surface area contributed by atoms with Gasteiger partial charge < -0.3 is 5.11 Å². The van der Waals surface area contributed by atoms with Gasteiger partial charge in [0.1, 0.15) is 4.90 Å². The van der Waals surface area contributed by atoms with Crippen molar-refractivity contribution in [3.8, 4) is 0 Å². The molecule has 0 aliphatic heterocycles. The first kappa shape index (κ1) is 15.4. The van der Waals surface area contributed by atoms with E-state index in [-0.39, 0.29) is 18.1 Å². The zero-order chi connectivity index (χ0) is 13.8. The van der Waals surface area contributed by atoms with Crippen molar-refractivity contribution in [2.24, 2.45) is 0 Å². The van der Waals surface area contributed by atoms with Crippen molar-refractivity contribution in [3.05, 3.63) is 29.0 Å². The Labute approximate surface area is 111 Å². The average molecular weight is 296 g/mol. The summed E-state index contributed by atoms with van der Waals surface area (Å²) in [5.41, 5.74) is 0. The van der Waals surface area contributed by atoms with Gasteiger partial charge in [0.05, 0.1) is 5.02 Å². The second-order valence-corrected chi connectivity index (χ2v) is 5.88. The summed E-state index contributed by atoms with van der Waals surface area (Å²) >= 11 is 5.54. The molecule has 1 rings (SSSR count). The van der Waals surface area contributed by atoms with Gasteiger partial charge in [0.2, 0.25) is 10.0 Å². The van der Waals surface area contributed by atoms with E-state index in [1.165, 1.54) is 12.1 Å². The van der Waals surface area contributed by atoms with E-state index in [1.54, 1.807) is 6.92 Å². The van der Waals surface area contributed by atoms with Crippen LogP contribution in [-0.4, -0.2) is 26.2 Å². The fourth-order valence-corrected chi connectivity index (χ4v) is 3.16. The first-order valence-corrected chi connectivity index (χ1v) is 7.35. The van der Waals surface area contributed by atoms with Crippen LogP contribution in [0.3, 0.4) is 0 Å². The predicted octanol–water partition coefficient (Wildman–Crippen LogP) is 1.92. The Morgan fingerprint density at radius 1 is 1.50 bits per heavy atom. The van der Waals surface area contributed by atoms with Crippen molar-refractivity contribution in [1.29, 1.82) is 0 Å². The Morgan fingerprint density at radius 2 is 2.17 bits per heavy atom. The van der Waals surface area contributed by atoms with Gasteiger partial charge in [-0.1, -0.05) is 24.6 Å². The monoisotopic (exact) mass is 295 g/mol. The summed E-state index contributed by atoms with van der Waals surface area (Å²) < 4.78 is 39.9. The van der Waals surface area contributed by atoms with E-state index in [4.69, 9.17) is 16.7 Å². The molecule has 7 heteroatoms. The van der Waals surface area contributed by atoms with Gasteiger partial charge in [-0.25, -0.2) is 17.5 Å². The number of halogens is 2. The third-order valence-electron chi connectivity index (χ3n) is 2.50. The molecule has 0 amide bonds.